The maximum absolute atomic E-state index is 13.4. The largest absolute Gasteiger partial charge is 0.378 e. The van der Waals surface area contributed by atoms with Gasteiger partial charge in [-0.3, -0.25) is 19.3 Å². The minimum absolute atomic E-state index is 0.0182. The molecular formula is C23H36N4O5. The Balaban J connectivity index is 1.37. The number of nitrogens with zero attached hydrogens (tertiary/aromatic N) is 3. The molecule has 0 aromatic rings. The van der Waals surface area contributed by atoms with E-state index in [-0.39, 0.29) is 41.8 Å². The molecule has 4 fully saturated rings. The van der Waals surface area contributed by atoms with Gasteiger partial charge in [-0.2, -0.15) is 0 Å². The van der Waals surface area contributed by atoms with Crippen molar-refractivity contribution in [1.29, 1.82) is 0 Å². The number of likely N-dealkylation sites (tertiary alicyclic amines) is 2. The highest BCUT2D eigenvalue weighted by Crippen LogP contribution is 2.33. The van der Waals surface area contributed by atoms with Crippen LogP contribution >= 0.6 is 0 Å². The van der Waals surface area contributed by atoms with Crippen molar-refractivity contribution in [3.05, 3.63) is 0 Å². The lowest BCUT2D eigenvalue weighted by Gasteiger charge is -2.39. The van der Waals surface area contributed by atoms with Gasteiger partial charge in [-0.25, -0.2) is 4.79 Å². The fraction of sp³-hybridized carbons (Fsp3) is 0.826. The predicted octanol–water partition coefficient (Wildman–Crippen LogP) is 1.51. The highest BCUT2D eigenvalue weighted by Gasteiger charge is 2.55. The summed E-state index contributed by atoms with van der Waals surface area (Å²) in [6.07, 6.45) is 5.74. The third-order valence-corrected chi connectivity index (χ3v) is 7.41. The Morgan fingerprint density at radius 1 is 1.06 bits per heavy atom. The number of urea groups is 1. The number of imide groups is 1. The van der Waals surface area contributed by atoms with Crippen LogP contribution < -0.4 is 5.32 Å². The van der Waals surface area contributed by atoms with E-state index in [1.807, 2.05) is 13.8 Å². The lowest BCUT2D eigenvalue weighted by molar-refractivity contribution is -0.143. The van der Waals surface area contributed by atoms with Gasteiger partial charge in [0, 0.05) is 38.7 Å². The molecule has 4 heterocycles. The molecule has 4 aliphatic heterocycles. The van der Waals surface area contributed by atoms with Gasteiger partial charge in [0.05, 0.1) is 18.6 Å². The number of carbonyl (C=O) groups excluding carboxylic acids is 4. The lowest BCUT2D eigenvalue weighted by atomic mass is 9.86. The van der Waals surface area contributed by atoms with Gasteiger partial charge in [-0.15, -0.1) is 0 Å². The molecule has 0 aliphatic carbocycles. The first kappa shape index (κ1) is 23.0. The van der Waals surface area contributed by atoms with Crippen molar-refractivity contribution in [3.63, 3.8) is 0 Å². The molecule has 0 aromatic carbocycles. The van der Waals surface area contributed by atoms with Crippen LogP contribution in [0, 0.1) is 5.92 Å². The molecule has 32 heavy (non-hydrogen) atoms. The van der Waals surface area contributed by atoms with E-state index in [2.05, 4.69) is 5.32 Å². The van der Waals surface area contributed by atoms with Gasteiger partial charge in [-0.05, 0) is 44.9 Å². The predicted molar refractivity (Wildman–Crippen MR) is 117 cm³/mol. The van der Waals surface area contributed by atoms with Crippen molar-refractivity contribution in [1.82, 2.24) is 20.0 Å². The molecule has 1 spiro atoms. The Kier molecular flexibility index (Phi) is 6.74. The van der Waals surface area contributed by atoms with Crippen LogP contribution in [0.15, 0.2) is 0 Å². The molecule has 4 rings (SSSR count). The zero-order chi connectivity index (χ0) is 22.9. The Hall–Kier alpha value is -2.16. The normalized spacial score (nSPS) is 28.4. The number of amides is 5. The Morgan fingerprint density at radius 3 is 2.47 bits per heavy atom. The second kappa shape index (κ2) is 9.37. The van der Waals surface area contributed by atoms with E-state index in [1.165, 1.54) is 4.90 Å². The van der Waals surface area contributed by atoms with Crippen molar-refractivity contribution in [2.24, 2.45) is 5.92 Å². The van der Waals surface area contributed by atoms with Crippen LogP contribution in [0.25, 0.3) is 0 Å². The van der Waals surface area contributed by atoms with Crippen LogP contribution in [-0.2, 0) is 19.1 Å². The third-order valence-electron chi connectivity index (χ3n) is 7.41. The first-order chi connectivity index (χ1) is 15.3. The zero-order valence-electron chi connectivity index (χ0n) is 19.3. The number of rotatable bonds is 4. The second-order valence-electron chi connectivity index (χ2n) is 10.00. The highest BCUT2D eigenvalue weighted by atomic mass is 16.5. The van der Waals surface area contributed by atoms with Gasteiger partial charge < -0.3 is 19.9 Å². The minimum atomic E-state index is -0.924. The molecule has 2 atom stereocenters. The van der Waals surface area contributed by atoms with Crippen LogP contribution in [0.1, 0.15) is 65.2 Å². The molecule has 0 aromatic heterocycles. The third kappa shape index (κ3) is 4.49. The van der Waals surface area contributed by atoms with Crippen LogP contribution in [0.5, 0.6) is 0 Å². The topological polar surface area (TPSA) is 99.3 Å². The smallest absolute Gasteiger partial charge is 0.325 e. The summed E-state index contributed by atoms with van der Waals surface area (Å²) in [5, 5.41) is 2.94. The lowest BCUT2D eigenvalue weighted by Crippen LogP contribution is -2.57. The van der Waals surface area contributed by atoms with Crippen molar-refractivity contribution < 1.29 is 23.9 Å². The maximum atomic E-state index is 13.4. The number of carbonyl (C=O) groups is 4. The van der Waals surface area contributed by atoms with Crippen LogP contribution in [0.2, 0.25) is 0 Å². The fourth-order valence-electron chi connectivity index (χ4n) is 5.47. The average molecular weight is 449 g/mol. The molecule has 0 bridgehead atoms. The fourth-order valence-corrected chi connectivity index (χ4v) is 5.47. The SMILES string of the molecule is CC(C)C(=O)N1CCC2(CC1)NC(=O)N(C1CCCN(C(=O)CC3CCCCO3)C1)C2=O. The molecule has 0 radical (unpaired) electrons. The van der Waals surface area contributed by atoms with Crippen molar-refractivity contribution in [3.8, 4) is 0 Å². The Labute approximate surface area is 189 Å². The van der Waals surface area contributed by atoms with Crippen LogP contribution in [0.3, 0.4) is 0 Å². The van der Waals surface area contributed by atoms with E-state index in [9.17, 15) is 19.2 Å². The Morgan fingerprint density at radius 2 is 1.81 bits per heavy atom. The van der Waals surface area contributed by atoms with Gasteiger partial charge in [0.25, 0.3) is 5.91 Å². The van der Waals surface area contributed by atoms with Crippen LogP contribution in [-0.4, -0.2) is 88.9 Å². The van der Waals surface area contributed by atoms with Crippen molar-refractivity contribution >= 4 is 23.8 Å². The first-order valence-electron chi connectivity index (χ1n) is 12.1. The molecule has 9 heteroatoms. The molecule has 4 aliphatic rings. The van der Waals surface area contributed by atoms with E-state index in [4.69, 9.17) is 4.74 Å². The Bertz CT molecular complexity index is 755. The summed E-state index contributed by atoms with van der Waals surface area (Å²) in [4.78, 5) is 56.4. The number of piperidine rings is 2. The summed E-state index contributed by atoms with van der Waals surface area (Å²) < 4.78 is 5.71. The highest BCUT2D eigenvalue weighted by molar-refractivity contribution is 6.07. The number of ether oxygens (including phenoxy) is 1. The van der Waals surface area contributed by atoms with E-state index in [0.717, 1.165) is 25.7 Å². The molecule has 5 amide bonds. The molecule has 4 saturated heterocycles. The summed E-state index contributed by atoms with van der Waals surface area (Å²) in [5.41, 5.74) is -0.924. The average Bonchev–Trinajstić information content (AvgIpc) is 3.03. The summed E-state index contributed by atoms with van der Waals surface area (Å²) in [6.45, 7) is 6.43. The van der Waals surface area contributed by atoms with E-state index < -0.39 is 5.54 Å². The van der Waals surface area contributed by atoms with Gasteiger partial charge in [0.15, 0.2) is 0 Å². The first-order valence-corrected chi connectivity index (χ1v) is 12.1. The van der Waals surface area contributed by atoms with E-state index in [0.29, 0.717) is 58.5 Å². The molecule has 1 N–H and O–H groups in total. The molecule has 0 saturated carbocycles. The van der Waals surface area contributed by atoms with Crippen LogP contribution in [0.4, 0.5) is 4.79 Å². The van der Waals surface area contributed by atoms with Gasteiger partial charge in [-0.1, -0.05) is 13.8 Å². The second-order valence-corrected chi connectivity index (χ2v) is 10.00. The summed E-state index contributed by atoms with van der Waals surface area (Å²) in [6, 6.07) is -0.671. The zero-order valence-corrected chi connectivity index (χ0v) is 19.3. The molecule has 2 unspecified atom stereocenters. The summed E-state index contributed by atoms with van der Waals surface area (Å²) in [5.74, 6) is -0.158. The van der Waals surface area contributed by atoms with Crippen molar-refractivity contribution in [2.45, 2.75) is 82.9 Å². The molecular weight excluding hydrogens is 412 g/mol. The molecule has 178 valence electrons. The minimum Gasteiger partial charge on any atom is -0.378 e. The van der Waals surface area contributed by atoms with Gasteiger partial charge in [0.1, 0.15) is 5.54 Å². The number of nitrogens with one attached hydrogen (secondary N) is 1. The van der Waals surface area contributed by atoms with E-state index >= 15 is 0 Å². The van der Waals surface area contributed by atoms with E-state index in [1.54, 1.807) is 9.80 Å². The monoisotopic (exact) mass is 448 g/mol. The quantitative estimate of drug-likeness (QED) is 0.657. The standard InChI is InChI=1S/C23H36N4O5/c1-16(2)20(29)25-11-8-23(9-12-25)21(30)27(22(31)24-23)17-6-5-10-26(15-17)19(28)14-18-7-3-4-13-32-18/h16-18H,3-15H2,1-2H3,(H,24,31). The maximum Gasteiger partial charge on any atom is 0.325 e. The van der Waals surface area contributed by atoms with Gasteiger partial charge >= 0.3 is 6.03 Å². The summed E-state index contributed by atoms with van der Waals surface area (Å²) >= 11 is 0. The number of hydrogen-bond donors (Lipinski definition) is 1. The number of hydrogen-bond acceptors (Lipinski definition) is 5. The summed E-state index contributed by atoms with van der Waals surface area (Å²) in [7, 11) is 0. The van der Waals surface area contributed by atoms with Crippen molar-refractivity contribution in [2.75, 3.05) is 32.8 Å². The van der Waals surface area contributed by atoms with Gasteiger partial charge in [0.2, 0.25) is 11.8 Å². The molecule has 9 nitrogen and oxygen atoms in total.